The van der Waals surface area contributed by atoms with Crippen molar-refractivity contribution in [2.75, 3.05) is 0 Å². The molecule has 0 saturated heterocycles. The van der Waals surface area contributed by atoms with Crippen molar-refractivity contribution in [3.8, 4) is 0 Å². The van der Waals surface area contributed by atoms with Crippen LogP contribution in [0.15, 0.2) is 24.3 Å². The quantitative estimate of drug-likeness (QED) is 0.782. The van der Waals surface area contributed by atoms with E-state index in [0.717, 1.165) is 12.8 Å². The average molecular weight is 208 g/mol. The van der Waals surface area contributed by atoms with Crippen LogP contribution in [0, 0.1) is 0 Å². The van der Waals surface area contributed by atoms with Crippen LogP contribution in [0.4, 0.5) is 0 Å². The molecule has 0 saturated carbocycles. The maximum atomic E-state index is 10.9. The molecular formula is C12H16O3. The Morgan fingerprint density at radius 3 is 2.67 bits per heavy atom. The van der Waals surface area contributed by atoms with Gasteiger partial charge in [0.05, 0.1) is 11.7 Å². The second-order valence-electron chi connectivity index (χ2n) is 3.55. The molecule has 3 heteroatoms. The van der Waals surface area contributed by atoms with E-state index in [1.165, 1.54) is 6.07 Å². The number of unbranched alkanes of at least 4 members (excludes halogenated alkanes) is 1. The zero-order chi connectivity index (χ0) is 11.3. The monoisotopic (exact) mass is 208 g/mol. The number of benzene rings is 1. The third-order valence-corrected chi connectivity index (χ3v) is 2.38. The van der Waals surface area contributed by atoms with Crippen LogP contribution in [0.1, 0.15) is 48.2 Å². The molecule has 1 aromatic carbocycles. The normalized spacial score (nSPS) is 12.4. The number of aliphatic hydroxyl groups is 1. The third-order valence-electron chi connectivity index (χ3n) is 2.38. The number of carbonyl (C=O) groups is 1. The molecule has 15 heavy (non-hydrogen) atoms. The molecule has 1 atom stereocenters. The van der Waals surface area contributed by atoms with Gasteiger partial charge in [-0.05, 0) is 18.1 Å². The molecule has 1 rings (SSSR count). The van der Waals surface area contributed by atoms with Gasteiger partial charge in [-0.2, -0.15) is 0 Å². The number of aliphatic hydroxyl groups excluding tert-OH is 1. The second-order valence-corrected chi connectivity index (χ2v) is 3.55. The van der Waals surface area contributed by atoms with Gasteiger partial charge in [0.15, 0.2) is 0 Å². The van der Waals surface area contributed by atoms with Gasteiger partial charge in [0.1, 0.15) is 0 Å². The van der Waals surface area contributed by atoms with E-state index in [1.54, 1.807) is 18.2 Å². The molecule has 0 aliphatic rings. The predicted molar refractivity (Wildman–Crippen MR) is 57.9 cm³/mol. The first-order valence-electron chi connectivity index (χ1n) is 5.17. The van der Waals surface area contributed by atoms with Gasteiger partial charge in [-0.25, -0.2) is 4.79 Å². The molecule has 0 aromatic heterocycles. The highest BCUT2D eigenvalue weighted by Crippen LogP contribution is 2.22. The summed E-state index contributed by atoms with van der Waals surface area (Å²) in [6, 6.07) is 6.60. The van der Waals surface area contributed by atoms with Gasteiger partial charge in [0.2, 0.25) is 0 Å². The molecule has 0 aliphatic carbocycles. The Kier molecular flexibility index (Phi) is 4.31. The van der Waals surface area contributed by atoms with Gasteiger partial charge in [-0.15, -0.1) is 0 Å². The van der Waals surface area contributed by atoms with E-state index in [1.807, 2.05) is 6.92 Å². The van der Waals surface area contributed by atoms with Crippen LogP contribution in [0.3, 0.4) is 0 Å². The largest absolute Gasteiger partial charge is 0.478 e. The zero-order valence-corrected chi connectivity index (χ0v) is 8.81. The van der Waals surface area contributed by atoms with E-state index >= 15 is 0 Å². The first-order chi connectivity index (χ1) is 7.16. The van der Waals surface area contributed by atoms with Crippen LogP contribution in [0.25, 0.3) is 0 Å². The molecule has 0 unspecified atom stereocenters. The lowest BCUT2D eigenvalue weighted by Crippen LogP contribution is -2.06. The van der Waals surface area contributed by atoms with Gasteiger partial charge < -0.3 is 10.2 Å². The highest BCUT2D eigenvalue weighted by molar-refractivity contribution is 5.89. The van der Waals surface area contributed by atoms with E-state index in [2.05, 4.69) is 0 Å². The maximum absolute atomic E-state index is 10.9. The lowest BCUT2D eigenvalue weighted by Gasteiger charge is -2.12. The van der Waals surface area contributed by atoms with Crippen LogP contribution < -0.4 is 0 Å². The van der Waals surface area contributed by atoms with Gasteiger partial charge in [-0.3, -0.25) is 0 Å². The van der Waals surface area contributed by atoms with Gasteiger partial charge >= 0.3 is 5.97 Å². The Labute approximate surface area is 89.4 Å². The van der Waals surface area contributed by atoms with E-state index < -0.39 is 12.1 Å². The Balaban J connectivity index is 2.87. The average Bonchev–Trinajstić information content (AvgIpc) is 2.25. The minimum atomic E-state index is -0.985. The highest BCUT2D eigenvalue weighted by atomic mass is 16.4. The first kappa shape index (κ1) is 11.7. The molecule has 0 fully saturated rings. The molecular weight excluding hydrogens is 192 g/mol. The number of hydrogen-bond donors (Lipinski definition) is 2. The minimum absolute atomic E-state index is 0.195. The summed E-state index contributed by atoms with van der Waals surface area (Å²) in [7, 11) is 0. The number of hydrogen-bond acceptors (Lipinski definition) is 2. The van der Waals surface area contributed by atoms with Crippen LogP contribution in [0.5, 0.6) is 0 Å². The lowest BCUT2D eigenvalue weighted by molar-refractivity contribution is 0.0688. The lowest BCUT2D eigenvalue weighted by atomic mass is 9.99. The maximum Gasteiger partial charge on any atom is 0.336 e. The van der Waals surface area contributed by atoms with E-state index in [4.69, 9.17) is 5.11 Å². The molecule has 3 nitrogen and oxygen atoms in total. The molecule has 0 bridgehead atoms. The van der Waals surface area contributed by atoms with Crippen LogP contribution >= 0.6 is 0 Å². The fraction of sp³-hybridized carbons (Fsp3) is 0.417. The van der Waals surface area contributed by atoms with E-state index in [-0.39, 0.29) is 5.56 Å². The summed E-state index contributed by atoms with van der Waals surface area (Å²) in [4.78, 5) is 10.9. The molecule has 0 radical (unpaired) electrons. The topological polar surface area (TPSA) is 57.5 Å². The van der Waals surface area contributed by atoms with Crippen LogP contribution in [-0.4, -0.2) is 16.2 Å². The summed E-state index contributed by atoms with van der Waals surface area (Å²) in [6.45, 7) is 2.04. The number of carboxylic acids is 1. The molecule has 1 aromatic rings. The first-order valence-corrected chi connectivity index (χ1v) is 5.17. The van der Waals surface area contributed by atoms with Crippen molar-refractivity contribution in [2.24, 2.45) is 0 Å². The van der Waals surface area contributed by atoms with Gasteiger partial charge in [0, 0.05) is 0 Å². The standard InChI is InChI=1S/C12H16O3/c1-2-3-8-11(13)9-6-4-5-7-10(9)12(14)15/h4-7,11,13H,2-3,8H2,1H3,(H,14,15)/t11-/m0/s1. The second kappa shape index (κ2) is 5.51. The van der Waals surface area contributed by atoms with Gasteiger partial charge in [0.25, 0.3) is 0 Å². The predicted octanol–water partition coefficient (Wildman–Crippen LogP) is 2.61. The molecule has 0 aliphatic heterocycles. The summed E-state index contributed by atoms with van der Waals surface area (Å²) < 4.78 is 0. The van der Waals surface area contributed by atoms with Crippen LogP contribution in [0.2, 0.25) is 0 Å². The fourth-order valence-electron chi connectivity index (χ4n) is 1.54. The number of rotatable bonds is 5. The Hall–Kier alpha value is -1.35. The van der Waals surface area contributed by atoms with Crippen molar-refractivity contribution < 1.29 is 15.0 Å². The summed E-state index contributed by atoms with van der Waals surface area (Å²) >= 11 is 0. The van der Waals surface area contributed by atoms with Crippen molar-refractivity contribution >= 4 is 5.97 Å². The zero-order valence-electron chi connectivity index (χ0n) is 8.81. The molecule has 0 spiro atoms. The Morgan fingerprint density at radius 2 is 2.07 bits per heavy atom. The molecule has 82 valence electrons. The molecule has 0 heterocycles. The SMILES string of the molecule is CCCC[C@H](O)c1ccccc1C(=O)O. The third kappa shape index (κ3) is 3.06. The Bertz CT molecular complexity index is 333. The highest BCUT2D eigenvalue weighted by Gasteiger charge is 2.15. The Morgan fingerprint density at radius 1 is 1.40 bits per heavy atom. The summed E-state index contributed by atoms with van der Waals surface area (Å²) in [5.41, 5.74) is 0.708. The van der Waals surface area contributed by atoms with Crippen LogP contribution in [-0.2, 0) is 0 Å². The van der Waals surface area contributed by atoms with Crippen molar-refractivity contribution in [1.29, 1.82) is 0 Å². The summed E-state index contributed by atoms with van der Waals surface area (Å²) in [6.07, 6.45) is 1.83. The fourth-order valence-corrected chi connectivity index (χ4v) is 1.54. The number of aromatic carboxylic acids is 1. The number of carboxylic acid groups (broad SMARTS) is 1. The molecule has 2 N–H and O–H groups in total. The minimum Gasteiger partial charge on any atom is -0.478 e. The smallest absolute Gasteiger partial charge is 0.336 e. The van der Waals surface area contributed by atoms with E-state index in [0.29, 0.717) is 12.0 Å². The van der Waals surface area contributed by atoms with E-state index in [9.17, 15) is 9.90 Å². The van der Waals surface area contributed by atoms with Crippen molar-refractivity contribution in [2.45, 2.75) is 32.3 Å². The van der Waals surface area contributed by atoms with Gasteiger partial charge in [-0.1, -0.05) is 38.0 Å². The summed E-state index contributed by atoms with van der Waals surface area (Å²) in [5.74, 6) is -0.985. The van der Waals surface area contributed by atoms with Crippen molar-refractivity contribution in [3.63, 3.8) is 0 Å². The molecule has 0 amide bonds. The van der Waals surface area contributed by atoms with Crippen molar-refractivity contribution in [1.82, 2.24) is 0 Å². The van der Waals surface area contributed by atoms with Crippen molar-refractivity contribution in [3.05, 3.63) is 35.4 Å². The summed E-state index contributed by atoms with van der Waals surface area (Å²) in [5, 5.41) is 18.7.